The standard InChI is InChI=1S/C14H17BrN2/c1-16-8-4-5-12(16)9-11-10-17(15)14-7-3-2-6-13(11)14/h2-3,6-7,10,12H,4-5,8-9H2,1H3. The summed E-state index contributed by atoms with van der Waals surface area (Å²) in [5.74, 6) is 0. The van der Waals surface area contributed by atoms with Gasteiger partial charge in [0.25, 0.3) is 0 Å². The quantitative estimate of drug-likeness (QED) is 0.823. The first kappa shape index (κ1) is 11.3. The first-order valence-corrected chi connectivity index (χ1v) is 6.92. The third kappa shape index (κ3) is 2.02. The number of halogens is 1. The first-order chi connectivity index (χ1) is 8.25. The molecule has 0 bridgehead atoms. The molecule has 0 spiro atoms. The van der Waals surface area contributed by atoms with E-state index in [9.17, 15) is 0 Å². The summed E-state index contributed by atoms with van der Waals surface area (Å²) in [6, 6.07) is 9.31. The van der Waals surface area contributed by atoms with Crippen molar-refractivity contribution in [3.05, 3.63) is 36.0 Å². The molecule has 1 saturated heterocycles. The van der Waals surface area contributed by atoms with Gasteiger partial charge in [-0.05, 0) is 44.5 Å². The lowest BCUT2D eigenvalue weighted by molar-refractivity contribution is 0.310. The van der Waals surface area contributed by atoms with Crippen molar-refractivity contribution in [3.63, 3.8) is 0 Å². The molecule has 1 aromatic heterocycles. The van der Waals surface area contributed by atoms with Crippen molar-refractivity contribution >= 4 is 27.1 Å². The molecule has 3 rings (SSSR count). The Morgan fingerprint density at radius 3 is 2.94 bits per heavy atom. The smallest absolute Gasteiger partial charge is 0.0594 e. The summed E-state index contributed by atoms with van der Waals surface area (Å²) in [4.78, 5) is 2.49. The SMILES string of the molecule is CN1CCCC1Cc1cn(Br)c2ccccc12. The highest BCUT2D eigenvalue weighted by molar-refractivity contribution is 9.08. The lowest BCUT2D eigenvalue weighted by Gasteiger charge is -2.18. The molecule has 2 nitrogen and oxygen atoms in total. The number of rotatable bonds is 2. The third-order valence-electron chi connectivity index (χ3n) is 3.88. The van der Waals surface area contributed by atoms with Gasteiger partial charge >= 0.3 is 0 Å². The number of hydrogen-bond donors (Lipinski definition) is 0. The number of para-hydroxylation sites is 1. The molecule has 0 N–H and O–H groups in total. The molecular formula is C14H17BrN2. The van der Waals surface area contributed by atoms with Crippen LogP contribution in [0.3, 0.4) is 0 Å². The second-order valence-corrected chi connectivity index (χ2v) is 5.73. The number of likely N-dealkylation sites (tertiary alicyclic amines) is 1. The Kier molecular flexibility index (Phi) is 2.97. The minimum Gasteiger partial charge on any atom is -0.303 e. The van der Waals surface area contributed by atoms with Crippen molar-refractivity contribution < 1.29 is 0 Å². The van der Waals surface area contributed by atoms with Crippen LogP contribution in [0.4, 0.5) is 0 Å². The number of hydrogen-bond acceptors (Lipinski definition) is 1. The van der Waals surface area contributed by atoms with E-state index in [0.717, 1.165) is 6.42 Å². The Morgan fingerprint density at radius 1 is 1.35 bits per heavy atom. The fourth-order valence-corrected chi connectivity index (χ4v) is 3.42. The molecular weight excluding hydrogens is 276 g/mol. The van der Waals surface area contributed by atoms with Crippen LogP contribution < -0.4 is 0 Å². The topological polar surface area (TPSA) is 8.17 Å². The van der Waals surface area contributed by atoms with Gasteiger partial charge < -0.3 is 4.90 Å². The number of benzene rings is 1. The van der Waals surface area contributed by atoms with Gasteiger partial charge in [0.1, 0.15) is 0 Å². The maximum absolute atomic E-state index is 3.59. The Balaban J connectivity index is 1.95. The number of aromatic nitrogens is 1. The van der Waals surface area contributed by atoms with Crippen LogP contribution in [-0.2, 0) is 6.42 Å². The summed E-state index contributed by atoms with van der Waals surface area (Å²) in [6.07, 6.45) is 6.05. The van der Waals surface area contributed by atoms with Crippen LogP contribution in [-0.4, -0.2) is 28.1 Å². The Hall–Kier alpha value is -0.800. The van der Waals surface area contributed by atoms with Gasteiger partial charge in [0, 0.05) is 17.6 Å². The van der Waals surface area contributed by atoms with E-state index in [-0.39, 0.29) is 0 Å². The molecule has 0 saturated carbocycles. The first-order valence-electron chi connectivity index (χ1n) is 6.21. The van der Waals surface area contributed by atoms with Crippen LogP contribution in [0.15, 0.2) is 30.5 Å². The minimum atomic E-state index is 0.716. The van der Waals surface area contributed by atoms with Crippen LogP contribution in [0.1, 0.15) is 18.4 Å². The van der Waals surface area contributed by atoms with Gasteiger partial charge in [0.15, 0.2) is 0 Å². The molecule has 1 atom stereocenters. The van der Waals surface area contributed by atoms with Gasteiger partial charge in [-0.15, -0.1) is 0 Å². The fourth-order valence-electron chi connectivity index (χ4n) is 2.86. The summed E-state index contributed by atoms with van der Waals surface area (Å²) in [6.45, 7) is 1.25. The summed E-state index contributed by atoms with van der Waals surface area (Å²) < 4.78 is 2.06. The zero-order valence-electron chi connectivity index (χ0n) is 10.1. The van der Waals surface area contributed by atoms with E-state index in [1.807, 2.05) is 0 Å². The van der Waals surface area contributed by atoms with E-state index in [4.69, 9.17) is 0 Å². The van der Waals surface area contributed by atoms with E-state index < -0.39 is 0 Å². The maximum Gasteiger partial charge on any atom is 0.0594 e. The highest BCUT2D eigenvalue weighted by atomic mass is 79.9. The summed E-state index contributed by atoms with van der Waals surface area (Å²) in [5.41, 5.74) is 2.72. The second kappa shape index (κ2) is 4.46. The average Bonchev–Trinajstić information content (AvgIpc) is 2.87. The number of likely N-dealkylation sites (N-methyl/N-ethyl adjacent to an activating group) is 1. The van der Waals surface area contributed by atoms with E-state index >= 15 is 0 Å². The van der Waals surface area contributed by atoms with Gasteiger partial charge in [-0.2, -0.15) is 0 Å². The van der Waals surface area contributed by atoms with E-state index in [1.54, 1.807) is 0 Å². The monoisotopic (exact) mass is 292 g/mol. The molecule has 1 aromatic carbocycles. The van der Waals surface area contributed by atoms with Crippen molar-refractivity contribution in [2.24, 2.45) is 0 Å². The van der Waals surface area contributed by atoms with Crippen molar-refractivity contribution in [1.29, 1.82) is 0 Å². The number of fused-ring (bicyclic) bond motifs is 1. The highest BCUT2D eigenvalue weighted by Gasteiger charge is 2.22. The van der Waals surface area contributed by atoms with Crippen LogP contribution in [0.5, 0.6) is 0 Å². The van der Waals surface area contributed by atoms with Gasteiger partial charge in [-0.25, -0.2) is 0 Å². The van der Waals surface area contributed by atoms with Gasteiger partial charge in [-0.1, -0.05) is 18.2 Å². The Morgan fingerprint density at radius 2 is 2.18 bits per heavy atom. The molecule has 2 heterocycles. The number of nitrogens with zero attached hydrogens (tertiary/aromatic N) is 2. The average molecular weight is 293 g/mol. The highest BCUT2D eigenvalue weighted by Crippen LogP contribution is 2.27. The van der Waals surface area contributed by atoms with Crippen molar-refractivity contribution in [3.8, 4) is 0 Å². The van der Waals surface area contributed by atoms with Crippen molar-refractivity contribution in [2.45, 2.75) is 25.3 Å². The van der Waals surface area contributed by atoms with E-state index in [2.05, 4.69) is 62.2 Å². The van der Waals surface area contributed by atoms with Crippen molar-refractivity contribution in [2.75, 3.05) is 13.6 Å². The molecule has 1 aliphatic rings. The Bertz CT molecular complexity index is 532. The lowest BCUT2D eigenvalue weighted by Crippen LogP contribution is -2.26. The van der Waals surface area contributed by atoms with Crippen molar-refractivity contribution in [1.82, 2.24) is 8.49 Å². The predicted octanol–water partition coefficient (Wildman–Crippen LogP) is 3.44. The Labute approximate surface area is 111 Å². The maximum atomic E-state index is 3.59. The predicted molar refractivity (Wildman–Crippen MR) is 75.6 cm³/mol. The van der Waals surface area contributed by atoms with Crippen LogP contribution in [0.25, 0.3) is 10.9 Å². The molecule has 0 radical (unpaired) electrons. The molecule has 1 unspecified atom stereocenters. The third-order valence-corrected chi connectivity index (χ3v) is 4.46. The molecule has 17 heavy (non-hydrogen) atoms. The van der Waals surface area contributed by atoms with Crippen LogP contribution in [0.2, 0.25) is 0 Å². The second-order valence-electron chi connectivity index (χ2n) is 4.96. The summed E-state index contributed by atoms with van der Waals surface area (Å²) >= 11 is 3.59. The zero-order valence-corrected chi connectivity index (χ0v) is 11.7. The zero-order chi connectivity index (χ0) is 11.8. The molecule has 1 fully saturated rings. The fraction of sp³-hybridized carbons (Fsp3) is 0.429. The van der Waals surface area contributed by atoms with Gasteiger partial charge in [-0.3, -0.25) is 3.59 Å². The molecule has 2 aromatic rings. The summed E-state index contributed by atoms with van der Waals surface area (Å²) in [7, 11) is 2.24. The molecule has 0 amide bonds. The molecule has 3 heteroatoms. The largest absolute Gasteiger partial charge is 0.303 e. The molecule has 1 aliphatic heterocycles. The summed E-state index contributed by atoms with van der Waals surface area (Å²) in [5, 5.41) is 1.38. The lowest BCUT2D eigenvalue weighted by atomic mass is 10.0. The van der Waals surface area contributed by atoms with Gasteiger partial charge in [0.05, 0.1) is 21.7 Å². The van der Waals surface area contributed by atoms with Gasteiger partial charge in [0.2, 0.25) is 0 Å². The molecule has 90 valence electrons. The van der Waals surface area contributed by atoms with Crippen LogP contribution in [0, 0.1) is 0 Å². The molecule has 0 aliphatic carbocycles. The minimum absolute atomic E-state index is 0.716. The van der Waals surface area contributed by atoms with E-state index in [0.29, 0.717) is 6.04 Å². The van der Waals surface area contributed by atoms with E-state index in [1.165, 1.54) is 35.9 Å². The normalized spacial score (nSPS) is 21.4. The van der Waals surface area contributed by atoms with Crippen LogP contribution >= 0.6 is 16.1 Å².